The maximum absolute atomic E-state index is 12.4. The number of carbonyl (C=O) groups excluding carboxylic acids is 1. The molecular formula is C13H17F3N2O3. The lowest BCUT2D eigenvalue weighted by Gasteiger charge is -2.26. The van der Waals surface area contributed by atoms with Crippen LogP contribution in [0.3, 0.4) is 0 Å². The molecule has 21 heavy (non-hydrogen) atoms. The van der Waals surface area contributed by atoms with Crippen LogP contribution in [0.5, 0.6) is 5.75 Å². The lowest BCUT2D eigenvalue weighted by atomic mass is 10.1. The zero-order valence-electron chi connectivity index (χ0n) is 11.2. The minimum absolute atomic E-state index is 0.0395. The zero-order valence-corrected chi connectivity index (χ0v) is 11.2. The van der Waals surface area contributed by atoms with E-state index in [1.165, 1.54) is 24.3 Å². The van der Waals surface area contributed by atoms with Crippen molar-refractivity contribution in [2.24, 2.45) is 5.73 Å². The normalized spacial score (nSPS) is 13.0. The maximum atomic E-state index is 12.4. The number of hydrogen-bond acceptors (Lipinski definition) is 4. The number of aliphatic hydroxyl groups is 1. The van der Waals surface area contributed by atoms with Gasteiger partial charge in [0.15, 0.2) is 0 Å². The number of aliphatic hydroxyl groups excluding tert-OH is 1. The van der Waals surface area contributed by atoms with Crippen molar-refractivity contribution in [3.8, 4) is 5.75 Å². The van der Waals surface area contributed by atoms with Gasteiger partial charge in [-0.3, -0.25) is 4.79 Å². The lowest BCUT2D eigenvalue weighted by molar-refractivity contribution is -0.162. The average molecular weight is 306 g/mol. The van der Waals surface area contributed by atoms with Crippen LogP contribution >= 0.6 is 0 Å². The Bertz CT molecular complexity index is 463. The largest absolute Gasteiger partial charge is 0.508 e. The Kier molecular flexibility index (Phi) is 5.98. The summed E-state index contributed by atoms with van der Waals surface area (Å²) in [6, 6.07) is 4.70. The van der Waals surface area contributed by atoms with Gasteiger partial charge in [-0.25, -0.2) is 0 Å². The van der Waals surface area contributed by atoms with Crippen molar-refractivity contribution in [1.29, 1.82) is 0 Å². The molecule has 118 valence electrons. The molecule has 0 saturated carbocycles. The number of phenolic OH excluding ortho intramolecular Hbond substituents is 1. The molecule has 1 rings (SSSR count). The number of aromatic hydroxyl groups is 1. The van der Waals surface area contributed by atoms with Crippen LogP contribution in [0.1, 0.15) is 5.56 Å². The summed E-state index contributed by atoms with van der Waals surface area (Å²) < 4.78 is 37.1. The van der Waals surface area contributed by atoms with Gasteiger partial charge in [-0.2, -0.15) is 13.2 Å². The van der Waals surface area contributed by atoms with Gasteiger partial charge in [0, 0.05) is 6.54 Å². The third-order valence-corrected chi connectivity index (χ3v) is 2.76. The van der Waals surface area contributed by atoms with Crippen LogP contribution in [0, 0.1) is 0 Å². The molecule has 0 unspecified atom stereocenters. The van der Waals surface area contributed by atoms with Crippen molar-refractivity contribution in [2.45, 2.75) is 18.6 Å². The monoisotopic (exact) mass is 306 g/mol. The predicted molar refractivity (Wildman–Crippen MR) is 69.5 cm³/mol. The molecule has 1 atom stereocenters. The average Bonchev–Trinajstić information content (AvgIpc) is 2.38. The SMILES string of the molecule is N[C@H](Cc1ccc(O)cc1)C(=O)N(CCO)CC(F)(F)F. The molecule has 0 aromatic heterocycles. The van der Waals surface area contributed by atoms with E-state index in [0.717, 1.165) is 0 Å². The standard InChI is InChI=1S/C13H17F3N2O3/c14-13(15,16)8-18(5-6-19)12(21)11(17)7-9-1-3-10(20)4-2-9/h1-4,11,19-20H,5-8,17H2/t11-/m1/s1. The molecule has 1 aromatic rings. The molecule has 1 aromatic carbocycles. The molecule has 0 aliphatic carbocycles. The first-order valence-electron chi connectivity index (χ1n) is 6.23. The van der Waals surface area contributed by atoms with Crippen LogP contribution in [0.2, 0.25) is 0 Å². The highest BCUT2D eigenvalue weighted by Crippen LogP contribution is 2.17. The van der Waals surface area contributed by atoms with Crippen LogP contribution < -0.4 is 5.73 Å². The number of halogens is 3. The molecule has 0 fully saturated rings. The third kappa shape index (κ3) is 6.01. The Balaban J connectivity index is 2.71. The van der Waals surface area contributed by atoms with Crippen molar-refractivity contribution < 1.29 is 28.2 Å². The summed E-state index contributed by atoms with van der Waals surface area (Å²) >= 11 is 0. The van der Waals surface area contributed by atoms with Crippen molar-refractivity contribution >= 4 is 5.91 Å². The molecule has 8 heteroatoms. The van der Waals surface area contributed by atoms with E-state index in [-0.39, 0.29) is 12.2 Å². The van der Waals surface area contributed by atoms with Crippen LogP contribution in [0.15, 0.2) is 24.3 Å². The van der Waals surface area contributed by atoms with Gasteiger partial charge in [-0.1, -0.05) is 12.1 Å². The number of amides is 1. The fraction of sp³-hybridized carbons (Fsp3) is 0.462. The summed E-state index contributed by atoms with van der Waals surface area (Å²) in [7, 11) is 0. The number of nitrogens with two attached hydrogens (primary N) is 1. The highest BCUT2D eigenvalue weighted by Gasteiger charge is 2.34. The Morgan fingerprint density at radius 2 is 1.86 bits per heavy atom. The van der Waals surface area contributed by atoms with Crippen molar-refractivity contribution in [3.63, 3.8) is 0 Å². The van der Waals surface area contributed by atoms with E-state index in [1.54, 1.807) is 0 Å². The molecule has 0 saturated heterocycles. The highest BCUT2D eigenvalue weighted by molar-refractivity contribution is 5.82. The summed E-state index contributed by atoms with van der Waals surface area (Å²) in [5, 5.41) is 17.9. The molecule has 0 aliphatic heterocycles. The summed E-state index contributed by atoms with van der Waals surface area (Å²) in [6.07, 6.45) is -4.51. The second-order valence-electron chi connectivity index (χ2n) is 4.58. The van der Waals surface area contributed by atoms with Crippen LogP contribution in [0.4, 0.5) is 13.2 Å². The Morgan fingerprint density at radius 1 is 1.29 bits per heavy atom. The van der Waals surface area contributed by atoms with E-state index in [0.29, 0.717) is 10.5 Å². The Labute approximate surface area is 119 Å². The van der Waals surface area contributed by atoms with E-state index in [4.69, 9.17) is 15.9 Å². The number of hydrogen-bond donors (Lipinski definition) is 3. The Hall–Kier alpha value is -1.80. The first-order chi connectivity index (χ1) is 9.73. The first-order valence-corrected chi connectivity index (χ1v) is 6.23. The minimum Gasteiger partial charge on any atom is -0.508 e. The molecule has 5 nitrogen and oxygen atoms in total. The number of rotatable bonds is 6. The van der Waals surface area contributed by atoms with Crippen molar-refractivity contribution in [3.05, 3.63) is 29.8 Å². The minimum atomic E-state index is -4.55. The summed E-state index contributed by atoms with van der Waals surface area (Å²) in [5.74, 6) is -0.841. The van der Waals surface area contributed by atoms with E-state index in [1.807, 2.05) is 0 Å². The highest BCUT2D eigenvalue weighted by atomic mass is 19.4. The summed E-state index contributed by atoms with van der Waals surface area (Å²) in [6.45, 7) is -2.45. The third-order valence-electron chi connectivity index (χ3n) is 2.76. The van der Waals surface area contributed by atoms with Gasteiger partial charge in [-0.05, 0) is 24.1 Å². The van der Waals surface area contributed by atoms with Crippen molar-refractivity contribution in [1.82, 2.24) is 4.90 Å². The van der Waals surface area contributed by atoms with E-state index >= 15 is 0 Å². The fourth-order valence-electron chi connectivity index (χ4n) is 1.81. The molecule has 0 radical (unpaired) electrons. The molecular weight excluding hydrogens is 289 g/mol. The number of carbonyl (C=O) groups is 1. The molecule has 0 spiro atoms. The van der Waals surface area contributed by atoms with Gasteiger partial charge in [0.25, 0.3) is 0 Å². The van der Waals surface area contributed by atoms with Gasteiger partial charge in [0.05, 0.1) is 12.6 Å². The lowest BCUT2D eigenvalue weighted by Crippen LogP contribution is -2.49. The summed E-state index contributed by atoms with van der Waals surface area (Å²) in [5.41, 5.74) is 6.25. The van der Waals surface area contributed by atoms with E-state index in [9.17, 15) is 18.0 Å². The van der Waals surface area contributed by atoms with Gasteiger partial charge in [0.2, 0.25) is 5.91 Å². The smallest absolute Gasteiger partial charge is 0.406 e. The van der Waals surface area contributed by atoms with Gasteiger partial charge in [-0.15, -0.1) is 0 Å². The molecule has 0 bridgehead atoms. The van der Waals surface area contributed by atoms with Crippen molar-refractivity contribution in [2.75, 3.05) is 19.7 Å². The topological polar surface area (TPSA) is 86.8 Å². The quantitative estimate of drug-likeness (QED) is 0.720. The molecule has 0 heterocycles. The van der Waals surface area contributed by atoms with Crippen LogP contribution in [-0.2, 0) is 11.2 Å². The van der Waals surface area contributed by atoms with Crippen LogP contribution in [0.25, 0.3) is 0 Å². The molecule has 4 N–H and O–H groups in total. The van der Waals surface area contributed by atoms with E-state index < -0.39 is 37.8 Å². The molecule has 0 aliphatic rings. The second-order valence-corrected chi connectivity index (χ2v) is 4.58. The number of nitrogens with zero attached hydrogens (tertiary/aromatic N) is 1. The predicted octanol–water partition coefficient (Wildman–Crippen LogP) is 0.645. The number of alkyl halides is 3. The van der Waals surface area contributed by atoms with Crippen LogP contribution in [-0.4, -0.2) is 52.9 Å². The fourth-order valence-corrected chi connectivity index (χ4v) is 1.81. The first kappa shape index (κ1) is 17.3. The Morgan fingerprint density at radius 3 is 2.33 bits per heavy atom. The second kappa shape index (κ2) is 7.28. The van der Waals surface area contributed by atoms with Gasteiger partial charge < -0.3 is 20.8 Å². The number of phenols is 1. The molecule has 1 amide bonds. The maximum Gasteiger partial charge on any atom is 0.406 e. The van der Waals surface area contributed by atoms with Gasteiger partial charge in [0.1, 0.15) is 12.3 Å². The van der Waals surface area contributed by atoms with Gasteiger partial charge >= 0.3 is 6.18 Å². The zero-order chi connectivity index (χ0) is 16.0. The summed E-state index contributed by atoms with van der Waals surface area (Å²) in [4.78, 5) is 12.4. The van der Waals surface area contributed by atoms with E-state index in [2.05, 4.69) is 0 Å². The number of benzene rings is 1.